The van der Waals surface area contributed by atoms with Gasteiger partial charge in [-0.15, -0.1) is 0 Å². The summed E-state index contributed by atoms with van der Waals surface area (Å²) in [5.74, 6) is 2.06. The molecule has 0 aliphatic heterocycles. The molecule has 0 fully saturated rings. The second-order valence-electron chi connectivity index (χ2n) is 5.31. The molecule has 2 rings (SSSR count). The number of halogens is 3. The molecular formula is C18H18Cl3NO2S. The van der Waals surface area contributed by atoms with E-state index in [0.717, 1.165) is 17.1 Å². The molecule has 134 valence electrons. The summed E-state index contributed by atoms with van der Waals surface area (Å²) in [6.45, 7) is 2.28. The third kappa shape index (κ3) is 6.98. The molecule has 2 aromatic carbocycles. The van der Waals surface area contributed by atoms with Crippen molar-refractivity contribution >= 4 is 52.5 Å². The summed E-state index contributed by atoms with van der Waals surface area (Å²) in [4.78, 5) is 12.0. The van der Waals surface area contributed by atoms with Crippen LogP contribution in [0.4, 0.5) is 0 Å². The topological polar surface area (TPSA) is 38.3 Å². The van der Waals surface area contributed by atoms with E-state index in [4.69, 9.17) is 39.5 Å². The van der Waals surface area contributed by atoms with Crippen molar-refractivity contribution in [3.63, 3.8) is 0 Å². The van der Waals surface area contributed by atoms with E-state index in [1.54, 1.807) is 49.0 Å². The van der Waals surface area contributed by atoms with Crippen molar-refractivity contribution in [1.82, 2.24) is 5.32 Å². The van der Waals surface area contributed by atoms with Crippen LogP contribution in [0.25, 0.3) is 0 Å². The van der Waals surface area contributed by atoms with Crippen LogP contribution < -0.4 is 10.1 Å². The molecule has 0 saturated heterocycles. The number of carbonyl (C=O) groups excluding carboxylic acids is 1. The maximum absolute atomic E-state index is 12.0. The van der Waals surface area contributed by atoms with Crippen LogP contribution in [0.5, 0.6) is 5.75 Å². The Morgan fingerprint density at radius 3 is 2.52 bits per heavy atom. The highest BCUT2D eigenvalue weighted by Gasteiger charge is 2.13. The third-order valence-electron chi connectivity index (χ3n) is 3.29. The molecule has 0 aliphatic carbocycles. The van der Waals surface area contributed by atoms with Crippen molar-refractivity contribution in [2.45, 2.75) is 18.8 Å². The Kier molecular flexibility index (Phi) is 8.24. The highest BCUT2D eigenvalue weighted by molar-refractivity contribution is 7.98. The maximum Gasteiger partial charge on any atom is 0.260 e. The molecule has 1 atom stereocenters. The molecule has 0 radical (unpaired) electrons. The standard InChI is InChI=1S/C18H18Cl3NO2S/c1-12(24-15-5-3-14(19)4-6-15)18(23)22-8-9-25-11-13-2-7-16(20)17(21)10-13/h2-7,10,12H,8-9,11H2,1H3,(H,22,23)/t12-/m0/s1. The number of amides is 1. The van der Waals surface area contributed by atoms with Gasteiger partial charge in [-0.25, -0.2) is 0 Å². The van der Waals surface area contributed by atoms with E-state index in [-0.39, 0.29) is 5.91 Å². The molecule has 0 saturated carbocycles. The van der Waals surface area contributed by atoms with Crippen LogP contribution in [-0.2, 0) is 10.5 Å². The van der Waals surface area contributed by atoms with Crippen molar-refractivity contribution in [2.24, 2.45) is 0 Å². The highest BCUT2D eigenvalue weighted by atomic mass is 35.5. The van der Waals surface area contributed by atoms with Crippen LogP contribution in [0.1, 0.15) is 12.5 Å². The van der Waals surface area contributed by atoms with Gasteiger partial charge in [-0.2, -0.15) is 11.8 Å². The fourth-order valence-corrected chi connectivity index (χ4v) is 3.23. The Morgan fingerprint density at radius 2 is 1.84 bits per heavy atom. The fraction of sp³-hybridized carbons (Fsp3) is 0.278. The molecule has 7 heteroatoms. The summed E-state index contributed by atoms with van der Waals surface area (Å²) in [6, 6.07) is 12.5. The summed E-state index contributed by atoms with van der Waals surface area (Å²) < 4.78 is 5.58. The zero-order chi connectivity index (χ0) is 18.2. The number of rotatable bonds is 8. The Morgan fingerprint density at radius 1 is 1.12 bits per heavy atom. The van der Waals surface area contributed by atoms with E-state index in [0.29, 0.717) is 27.4 Å². The van der Waals surface area contributed by atoms with Gasteiger partial charge in [0.25, 0.3) is 5.91 Å². The number of hydrogen-bond donors (Lipinski definition) is 1. The van der Waals surface area contributed by atoms with Gasteiger partial charge in [0.05, 0.1) is 10.0 Å². The first-order valence-corrected chi connectivity index (χ1v) is 9.96. The van der Waals surface area contributed by atoms with Crippen molar-refractivity contribution < 1.29 is 9.53 Å². The summed E-state index contributed by atoms with van der Waals surface area (Å²) in [5, 5.41) is 4.60. The molecule has 3 nitrogen and oxygen atoms in total. The van der Waals surface area contributed by atoms with Gasteiger partial charge in [0, 0.05) is 23.1 Å². The second-order valence-corrected chi connectivity index (χ2v) is 7.66. The van der Waals surface area contributed by atoms with Crippen LogP contribution in [0.3, 0.4) is 0 Å². The van der Waals surface area contributed by atoms with Crippen molar-refractivity contribution in [1.29, 1.82) is 0 Å². The predicted molar refractivity (Wildman–Crippen MR) is 107 cm³/mol. The zero-order valence-corrected chi connectivity index (χ0v) is 16.7. The van der Waals surface area contributed by atoms with Crippen LogP contribution in [-0.4, -0.2) is 24.3 Å². The predicted octanol–water partition coefficient (Wildman–Crippen LogP) is 5.46. The third-order valence-corrected chi connectivity index (χ3v) is 5.32. The van der Waals surface area contributed by atoms with E-state index in [9.17, 15) is 4.79 Å². The van der Waals surface area contributed by atoms with Crippen molar-refractivity contribution in [3.05, 3.63) is 63.1 Å². The zero-order valence-electron chi connectivity index (χ0n) is 13.6. The minimum absolute atomic E-state index is 0.148. The first-order chi connectivity index (χ1) is 12.0. The molecule has 0 spiro atoms. The Bertz CT molecular complexity index is 710. The summed E-state index contributed by atoms with van der Waals surface area (Å²) in [7, 11) is 0. The number of thioether (sulfide) groups is 1. The van der Waals surface area contributed by atoms with Crippen LogP contribution in [0.15, 0.2) is 42.5 Å². The summed E-state index contributed by atoms with van der Waals surface area (Å²) >= 11 is 19.4. The lowest BCUT2D eigenvalue weighted by Crippen LogP contribution is -2.37. The van der Waals surface area contributed by atoms with Gasteiger partial charge in [-0.05, 0) is 48.9 Å². The number of benzene rings is 2. The normalized spacial score (nSPS) is 11.8. The number of carbonyl (C=O) groups is 1. The quantitative estimate of drug-likeness (QED) is 0.578. The molecular weight excluding hydrogens is 401 g/mol. The molecule has 0 bridgehead atoms. The lowest BCUT2D eigenvalue weighted by Gasteiger charge is -2.14. The maximum atomic E-state index is 12.0. The van der Waals surface area contributed by atoms with Crippen molar-refractivity contribution in [3.8, 4) is 5.75 Å². The molecule has 0 aliphatic rings. The first kappa shape index (κ1) is 20.2. The van der Waals surface area contributed by atoms with E-state index in [2.05, 4.69) is 5.32 Å². The molecule has 0 unspecified atom stereocenters. The lowest BCUT2D eigenvalue weighted by atomic mass is 10.2. The first-order valence-electron chi connectivity index (χ1n) is 7.67. The van der Waals surface area contributed by atoms with E-state index < -0.39 is 6.10 Å². The molecule has 2 aromatic rings. The van der Waals surface area contributed by atoms with Crippen molar-refractivity contribution in [2.75, 3.05) is 12.3 Å². The molecule has 1 amide bonds. The Labute approximate surface area is 167 Å². The van der Waals surface area contributed by atoms with Gasteiger partial charge in [-0.3, -0.25) is 4.79 Å². The smallest absolute Gasteiger partial charge is 0.260 e. The number of hydrogen-bond acceptors (Lipinski definition) is 3. The highest BCUT2D eigenvalue weighted by Crippen LogP contribution is 2.24. The van der Waals surface area contributed by atoms with Gasteiger partial charge >= 0.3 is 0 Å². The lowest BCUT2D eigenvalue weighted by molar-refractivity contribution is -0.127. The summed E-state index contributed by atoms with van der Waals surface area (Å²) in [6.07, 6.45) is -0.568. The largest absolute Gasteiger partial charge is 0.481 e. The van der Waals surface area contributed by atoms with Gasteiger partial charge in [0.2, 0.25) is 0 Å². The minimum atomic E-state index is -0.568. The average molecular weight is 419 g/mol. The van der Waals surface area contributed by atoms with E-state index in [1.165, 1.54) is 0 Å². The van der Waals surface area contributed by atoms with E-state index >= 15 is 0 Å². The Balaban J connectivity index is 1.65. The summed E-state index contributed by atoms with van der Waals surface area (Å²) in [5.41, 5.74) is 1.10. The fourth-order valence-electron chi connectivity index (χ4n) is 1.98. The van der Waals surface area contributed by atoms with Gasteiger partial charge in [-0.1, -0.05) is 40.9 Å². The van der Waals surface area contributed by atoms with E-state index in [1.807, 2.05) is 12.1 Å². The minimum Gasteiger partial charge on any atom is -0.481 e. The van der Waals surface area contributed by atoms with Crippen LogP contribution in [0.2, 0.25) is 15.1 Å². The molecule has 0 heterocycles. The number of ether oxygens (including phenoxy) is 1. The SMILES string of the molecule is C[C@H](Oc1ccc(Cl)cc1)C(=O)NCCSCc1ccc(Cl)c(Cl)c1. The van der Waals surface area contributed by atoms with Crippen LogP contribution in [0, 0.1) is 0 Å². The molecule has 1 N–H and O–H groups in total. The van der Waals surface area contributed by atoms with Gasteiger partial charge in [0.15, 0.2) is 6.10 Å². The molecule has 0 aromatic heterocycles. The molecule has 25 heavy (non-hydrogen) atoms. The van der Waals surface area contributed by atoms with Crippen LogP contribution >= 0.6 is 46.6 Å². The van der Waals surface area contributed by atoms with Gasteiger partial charge in [0.1, 0.15) is 5.75 Å². The average Bonchev–Trinajstić information content (AvgIpc) is 2.59. The number of nitrogens with one attached hydrogen (secondary N) is 1. The Hall–Kier alpha value is -1.07. The second kappa shape index (κ2) is 10.2. The monoisotopic (exact) mass is 417 g/mol. The van der Waals surface area contributed by atoms with Gasteiger partial charge < -0.3 is 10.1 Å².